The molecule has 0 saturated carbocycles. The van der Waals surface area contributed by atoms with Crippen LogP contribution in [-0.2, 0) is 4.79 Å². The molecule has 1 aromatic rings. The Morgan fingerprint density at radius 2 is 2.21 bits per heavy atom. The fourth-order valence-corrected chi connectivity index (χ4v) is 1.82. The third kappa shape index (κ3) is 2.14. The average molecular weight is 308 g/mol. The van der Waals surface area contributed by atoms with E-state index in [1.165, 1.54) is 0 Å². The summed E-state index contributed by atoms with van der Waals surface area (Å²) in [6.07, 6.45) is -1.52. The summed E-state index contributed by atoms with van der Waals surface area (Å²) in [7, 11) is 0. The number of aliphatic hydroxyl groups excluding tert-OH is 1. The number of aliphatic hydroxyl groups is 1. The standard InChI is InChI=1S/C8H9IN2O3/c9-6-4(7(12)8(13)14)2-1-3-5(6)11-10/h1-3,7,11-12H,10H2,(H,13,14). The van der Waals surface area contributed by atoms with Crippen molar-refractivity contribution in [1.82, 2.24) is 0 Å². The second-order valence-electron chi connectivity index (χ2n) is 2.59. The number of nitrogen functional groups attached to an aromatic ring is 1. The first-order valence-electron chi connectivity index (χ1n) is 3.73. The topological polar surface area (TPSA) is 95.6 Å². The largest absolute Gasteiger partial charge is 0.479 e. The summed E-state index contributed by atoms with van der Waals surface area (Å²) in [5.41, 5.74) is 3.33. The number of nitrogens with two attached hydrogens (primary N) is 1. The Morgan fingerprint density at radius 1 is 1.57 bits per heavy atom. The van der Waals surface area contributed by atoms with Crippen LogP contribution in [0.25, 0.3) is 0 Å². The van der Waals surface area contributed by atoms with Crippen molar-refractivity contribution >= 4 is 34.2 Å². The van der Waals surface area contributed by atoms with Gasteiger partial charge in [0.05, 0.1) is 5.69 Å². The number of anilines is 1. The Labute approximate surface area is 94.0 Å². The van der Waals surface area contributed by atoms with Crippen molar-refractivity contribution in [3.8, 4) is 0 Å². The molecule has 1 aromatic carbocycles. The number of benzene rings is 1. The summed E-state index contributed by atoms with van der Waals surface area (Å²) in [6, 6.07) is 4.86. The molecule has 1 unspecified atom stereocenters. The van der Waals surface area contributed by atoms with Crippen LogP contribution in [0.3, 0.4) is 0 Å². The van der Waals surface area contributed by atoms with Gasteiger partial charge in [-0.05, 0) is 28.7 Å². The number of carbonyl (C=O) groups is 1. The van der Waals surface area contributed by atoms with E-state index in [2.05, 4.69) is 5.43 Å². The average Bonchev–Trinajstić information content (AvgIpc) is 2.17. The van der Waals surface area contributed by atoms with Crippen LogP contribution in [-0.4, -0.2) is 16.2 Å². The van der Waals surface area contributed by atoms with Crippen molar-refractivity contribution in [3.63, 3.8) is 0 Å². The summed E-state index contributed by atoms with van der Waals surface area (Å²) >= 11 is 1.92. The predicted octanol–water partition coefficient (Wildman–Crippen LogP) is 0.695. The van der Waals surface area contributed by atoms with E-state index < -0.39 is 12.1 Å². The minimum absolute atomic E-state index is 0.327. The first kappa shape index (κ1) is 11.2. The van der Waals surface area contributed by atoms with E-state index in [0.29, 0.717) is 14.8 Å². The van der Waals surface area contributed by atoms with Crippen LogP contribution in [0, 0.1) is 3.57 Å². The molecule has 14 heavy (non-hydrogen) atoms. The van der Waals surface area contributed by atoms with Gasteiger partial charge in [0.25, 0.3) is 0 Å². The summed E-state index contributed by atoms with van der Waals surface area (Å²) in [5, 5.41) is 17.9. The second-order valence-corrected chi connectivity index (χ2v) is 3.67. The lowest BCUT2D eigenvalue weighted by Crippen LogP contribution is -2.14. The van der Waals surface area contributed by atoms with Gasteiger partial charge in [0.15, 0.2) is 6.10 Å². The number of rotatable bonds is 3. The third-order valence-electron chi connectivity index (χ3n) is 1.71. The highest BCUT2D eigenvalue weighted by molar-refractivity contribution is 14.1. The summed E-state index contributed by atoms with van der Waals surface area (Å²) in [4.78, 5) is 10.5. The first-order valence-corrected chi connectivity index (χ1v) is 4.81. The van der Waals surface area contributed by atoms with Crippen molar-refractivity contribution in [2.45, 2.75) is 6.10 Å². The molecule has 0 heterocycles. The van der Waals surface area contributed by atoms with Crippen molar-refractivity contribution in [2.75, 3.05) is 5.43 Å². The number of halogens is 1. The molecule has 0 aromatic heterocycles. The van der Waals surface area contributed by atoms with Gasteiger partial charge in [-0.3, -0.25) is 5.84 Å². The van der Waals surface area contributed by atoms with E-state index in [4.69, 9.17) is 10.9 Å². The van der Waals surface area contributed by atoms with Gasteiger partial charge in [-0.25, -0.2) is 4.79 Å². The predicted molar refractivity (Wildman–Crippen MR) is 59.6 cm³/mol. The maximum absolute atomic E-state index is 10.5. The Kier molecular flexibility index (Phi) is 3.67. The molecule has 0 fully saturated rings. The SMILES string of the molecule is NNc1cccc(C(O)C(=O)O)c1I. The molecule has 1 rings (SSSR count). The number of aliphatic carboxylic acids is 1. The highest BCUT2D eigenvalue weighted by Crippen LogP contribution is 2.26. The van der Waals surface area contributed by atoms with Gasteiger partial charge in [0.2, 0.25) is 0 Å². The van der Waals surface area contributed by atoms with E-state index in [0.717, 1.165) is 0 Å². The van der Waals surface area contributed by atoms with Crippen LogP contribution in [0.4, 0.5) is 5.69 Å². The van der Waals surface area contributed by atoms with Gasteiger partial charge in [-0.15, -0.1) is 0 Å². The van der Waals surface area contributed by atoms with Crippen LogP contribution < -0.4 is 11.3 Å². The molecule has 0 amide bonds. The molecule has 0 bridgehead atoms. The Balaban J connectivity index is 3.15. The molecule has 0 aliphatic carbocycles. The molecular formula is C8H9IN2O3. The molecule has 1 atom stereocenters. The molecule has 76 valence electrons. The first-order chi connectivity index (χ1) is 6.57. The van der Waals surface area contributed by atoms with Gasteiger partial charge < -0.3 is 15.6 Å². The highest BCUT2D eigenvalue weighted by Gasteiger charge is 2.19. The minimum atomic E-state index is -1.52. The lowest BCUT2D eigenvalue weighted by molar-refractivity contribution is -0.147. The van der Waals surface area contributed by atoms with Gasteiger partial charge in [0, 0.05) is 9.13 Å². The van der Waals surface area contributed by atoms with Gasteiger partial charge >= 0.3 is 5.97 Å². The van der Waals surface area contributed by atoms with Crippen LogP contribution in [0.1, 0.15) is 11.7 Å². The van der Waals surface area contributed by atoms with Crippen molar-refractivity contribution in [3.05, 3.63) is 27.3 Å². The zero-order valence-corrected chi connectivity index (χ0v) is 9.22. The Morgan fingerprint density at radius 3 is 2.71 bits per heavy atom. The van der Waals surface area contributed by atoms with Crippen LogP contribution in [0.2, 0.25) is 0 Å². The molecule has 6 heteroatoms. The molecule has 0 saturated heterocycles. The number of carboxylic acid groups (broad SMARTS) is 1. The Bertz CT molecular complexity index is 356. The lowest BCUT2D eigenvalue weighted by atomic mass is 10.1. The smallest absolute Gasteiger partial charge is 0.337 e. The third-order valence-corrected chi connectivity index (χ3v) is 2.92. The lowest BCUT2D eigenvalue weighted by Gasteiger charge is -2.11. The van der Waals surface area contributed by atoms with Crippen LogP contribution in [0.5, 0.6) is 0 Å². The molecule has 0 aliphatic rings. The van der Waals surface area contributed by atoms with E-state index in [1.54, 1.807) is 18.2 Å². The molecule has 5 nitrogen and oxygen atoms in total. The van der Waals surface area contributed by atoms with E-state index >= 15 is 0 Å². The summed E-state index contributed by atoms with van der Waals surface area (Å²) in [5.74, 6) is 3.93. The summed E-state index contributed by atoms with van der Waals surface area (Å²) < 4.78 is 0.600. The molecule has 0 radical (unpaired) electrons. The molecule has 0 aliphatic heterocycles. The number of nitrogens with one attached hydrogen (secondary N) is 1. The van der Waals surface area contributed by atoms with Gasteiger partial charge in [-0.2, -0.15) is 0 Å². The fourth-order valence-electron chi connectivity index (χ4n) is 1.01. The zero-order valence-electron chi connectivity index (χ0n) is 7.07. The number of hydrogen-bond donors (Lipinski definition) is 4. The highest BCUT2D eigenvalue weighted by atomic mass is 127. The Hall–Kier alpha value is -0.860. The van der Waals surface area contributed by atoms with Crippen molar-refractivity contribution in [2.24, 2.45) is 5.84 Å². The van der Waals surface area contributed by atoms with E-state index in [9.17, 15) is 9.90 Å². The second kappa shape index (κ2) is 4.58. The maximum atomic E-state index is 10.5. The molecule has 0 spiro atoms. The molecular weight excluding hydrogens is 299 g/mol. The molecule has 5 N–H and O–H groups in total. The van der Waals surface area contributed by atoms with Crippen molar-refractivity contribution in [1.29, 1.82) is 0 Å². The summed E-state index contributed by atoms with van der Waals surface area (Å²) in [6.45, 7) is 0. The maximum Gasteiger partial charge on any atom is 0.337 e. The number of carboxylic acids is 1. The van der Waals surface area contributed by atoms with E-state index in [-0.39, 0.29) is 0 Å². The van der Waals surface area contributed by atoms with Crippen molar-refractivity contribution < 1.29 is 15.0 Å². The monoisotopic (exact) mass is 308 g/mol. The zero-order chi connectivity index (χ0) is 10.7. The number of hydrogen-bond acceptors (Lipinski definition) is 4. The van der Waals surface area contributed by atoms with E-state index in [1.807, 2.05) is 22.6 Å². The quantitative estimate of drug-likeness (QED) is 0.374. The van der Waals surface area contributed by atoms with Gasteiger partial charge in [-0.1, -0.05) is 12.1 Å². The van der Waals surface area contributed by atoms with Gasteiger partial charge in [0.1, 0.15) is 0 Å². The van der Waals surface area contributed by atoms with Crippen LogP contribution in [0.15, 0.2) is 18.2 Å². The number of hydrazine groups is 1. The minimum Gasteiger partial charge on any atom is -0.479 e. The fraction of sp³-hybridized carbons (Fsp3) is 0.125. The normalized spacial score (nSPS) is 12.2. The van der Waals surface area contributed by atoms with Crippen LogP contribution >= 0.6 is 22.6 Å².